The van der Waals surface area contributed by atoms with Crippen LogP contribution in [0.25, 0.3) is 39.2 Å². The van der Waals surface area contributed by atoms with Crippen LogP contribution in [0.5, 0.6) is 0 Å². The highest BCUT2D eigenvalue weighted by Gasteiger charge is 2.46. The highest BCUT2D eigenvalue weighted by Crippen LogP contribution is 2.50. The molecule has 4 nitrogen and oxygen atoms in total. The Morgan fingerprint density at radius 3 is 1.31 bits per heavy atom. The topological polar surface area (TPSA) is 24.3 Å². The Hall–Kier alpha value is -7.11. The normalized spacial score (nSPS) is 13.9. The van der Waals surface area contributed by atoms with Crippen molar-refractivity contribution in [2.75, 3.05) is 9.80 Å². The molecule has 2 aliphatic heterocycles. The summed E-state index contributed by atoms with van der Waals surface area (Å²) in [7, 11) is 0. The first-order chi connectivity index (χ1) is 36.5. The molecular weight excluding hydrogens is 944 g/mol. The van der Waals surface area contributed by atoms with Crippen LogP contribution >= 0.6 is 0 Å². The second kappa shape index (κ2) is 18.2. The Balaban J connectivity index is 1.30. The van der Waals surface area contributed by atoms with Gasteiger partial charge in [0, 0.05) is 45.3 Å². The molecule has 396 valence electrons. The van der Waals surface area contributed by atoms with Crippen molar-refractivity contribution in [2.45, 2.75) is 157 Å². The molecule has 0 radical (unpaired) electrons. The summed E-state index contributed by atoms with van der Waals surface area (Å²) in [6.07, 6.45) is 0. The number of nitrogens with zero attached hydrogens (tertiary/aromatic N) is 4. The molecule has 0 saturated carbocycles. The zero-order chi connectivity index (χ0) is 55.8. The van der Waals surface area contributed by atoms with Gasteiger partial charge < -0.3 is 9.80 Å². The predicted octanol–water partition coefficient (Wildman–Crippen LogP) is 18.2. The number of hydrogen-bond donors (Lipinski definition) is 0. The second-order valence-corrected chi connectivity index (χ2v) is 28.7. The maximum Gasteiger partial charge on any atom is 0.252 e. The number of benzene rings is 8. The molecule has 0 atom stereocenters. The Morgan fingerprint density at radius 1 is 0.333 bits per heavy atom. The summed E-state index contributed by atoms with van der Waals surface area (Å²) in [6.45, 7) is 41.7. The zero-order valence-electron chi connectivity index (χ0n) is 50.0. The van der Waals surface area contributed by atoms with Gasteiger partial charge in [0.1, 0.15) is 5.82 Å². The van der Waals surface area contributed by atoms with E-state index in [9.17, 15) is 0 Å². The minimum absolute atomic E-state index is 0.0151. The van der Waals surface area contributed by atoms with Gasteiger partial charge in [-0.25, -0.2) is 4.98 Å². The van der Waals surface area contributed by atoms with Gasteiger partial charge in [-0.3, -0.25) is 4.57 Å². The van der Waals surface area contributed by atoms with E-state index in [0.29, 0.717) is 0 Å². The molecule has 3 heterocycles. The average molecular weight is 1030 g/mol. The fraction of sp³-hybridized carbons (Fsp3) is 0.329. The Morgan fingerprint density at radius 2 is 0.782 bits per heavy atom. The van der Waals surface area contributed by atoms with E-state index in [-0.39, 0.29) is 39.2 Å². The van der Waals surface area contributed by atoms with Crippen molar-refractivity contribution in [3.05, 3.63) is 197 Å². The number of fused-ring (bicyclic) bond motifs is 5. The first-order valence-corrected chi connectivity index (χ1v) is 28.5. The van der Waals surface area contributed by atoms with Gasteiger partial charge in [0.15, 0.2) is 0 Å². The number of aromatic nitrogens is 2. The molecule has 0 amide bonds. The molecule has 8 aromatic carbocycles. The third-order valence-corrected chi connectivity index (χ3v) is 16.8. The second-order valence-electron chi connectivity index (χ2n) is 28.7. The van der Waals surface area contributed by atoms with Crippen molar-refractivity contribution in [1.82, 2.24) is 9.55 Å². The van der Waals surface area contributed by atoms with Gasteiger partial charge in [-0.05, 0) is 155 Å². The number of para-hydroxylation sites is 1. The summed E-state index contributed by atoms with van der Waals surface area (Å²) in [5, 5.41) is 0. The molecule has 2 aliphatic rings. The van der Waals surface area contributed by atoms with E-state index in [0.717, 1.165) is 45.2 Å². The molecule has 1 aromatic heterocycles. The van der Waals surface area contributed by atoms with E-state index < -0.39 is 0 Å². The van der Waals surface area contributed by atoms with Crippen LogP contribution in [0.15, 0.2) is 164 Å². The fourth-order valence-corrected chi connectivity index (χ4v) is 11.8. The maximum absolute atomic E-state index is 5.74. The van der Waals surface area contributed by atoms with Crippen molar-refractivity contribution < 1.29 is 0 Å². The molecule has 0 unspecified atom stereocenters. The Kier molecular flexibility index (Phi) is 12.4. The largest absolute Gasteiger partial charge is 0.311 e. The van der Waals surface area contributed by atoms with Crippen molar-refractivity contribution in [2.24, 2.45) is 0 Å². The highest BCUT2D eigenvalue weighted by atomic mass is 15.2. The first kappa shape index (κ1) is 52.9. The Labute approximate surface area is 467 Å². The van der Waals surface area contributed by atoms with E-state index >= 15 is 0 Å². The van der Waals surface area contributed by atoms with Crippen molar-refractivity contribution in [1.29, 1.82) is 0 Å². The van der Waals surface area contributed by atoms with E-state index in [2.05, 4.69) is 303 Å². The Bertz CT molecular complexity index is 3760. The van der Waals surface area contributed by atoms with Crippen LogP contribution in [0.2, 0.25) is 0 Å². The number of imidazole rings is 1. The summed E-state index contributed by atoms with van der Waals surface area (Å²) in [5.41, 5.74) is 25.1. The van der Waals surface area contributed by atoms with Crippen molar-refractivity contribution >= 4 is 68.3 Å². The highest BCUT2D eigenvalue weighted by molar-refractivity contribution is 7.00. The van der Waals surface area contributed by atoms with E-state index in [1.807, 2.05) is 0 Å². The van der Waals surface area contributed by atoms with Crippen LogP contribution in [0, 0.1) is 0 Å². The monoisotopic (exact) mass is 1020 g/mol. The first-order valence-electron chi connectivity index (χ1n) is 28.5. The lowest BCUT2D eigenvalue weighted by molar-refractivity contribution is 0.589. The molecule has 0 aliphatic carbocycles. The summed E-state index contributed by atoms with van der Waals surface area (Å²) < 4.78 is 2.41. The molecule has 0 fully saturated rings. The van der Waals surface area contributed by atoms with Crippen LogP contribution < -0.4 is 26.2 Å². The SMILES string of the molecule is CC(C)(C)c1ccc(-c2cc(C(C)(C)C)ccc2N2c3cc4nc(-c5ccc(C(C)(C)C)cc5)n(-c5ccccc5)c4cc3B3c4cc(C(C)(C)C)ccc4N(c4ccc(C(C)(C)C)cc4)c4cc(C(C)(C)C)cc2c43)cc1. The molecule has 11 rings (SSSR count). The van der Waals surface area contributed by atoms with E-state index in [1.54, 1.807) is 0 Å². The summed E-state index contributed by atoms with van der Waals surface area (Å²) in [5.74, 6) is 0.928. The van der Waals surface area contributed by atoms with Crippen molar-refractivity contribution in [3.63, 3.8) is 0 Å². The molecule has 0 N–H and O–H groups in total. The molecule has 9 aromatic rings. The van der Waals surface area contributed by atoms with Crippen LogP contribution in [-0.4, -0.2) is 16.3 Å². The quantitative estimate of drug-likeness (QED) is 0.161. The molecule has 0 saturated heterocycles. The van der Waals surface area contributed by atoms with Gasteiger partial charge in [0.05, 0.1) is 16.7 Å². The van der Waals surface area contributed by atoms with E-state index in [1.165, 1.54) is 78.0 Å². The van der Waals surface area contributed by atoms with Gasteiger partial charge in [-0.15, -0.1) is 0 Å². The molecule has 78 heavy (non-hydrogen) atoms. The third kappa shape index (κ3) is 9.29. The minimum Gasteiger partial charge on any atom is -0.311 e. The molecule has 0 bridgehead atoms. The molecular formula is C73H81BN4. The fourth-order valence-electron chi connectivity index (χ4n) is 11.8. The van der Waals surface area contributed by atoms with Gasteiger partial charge >= 0.3 is 0 Å². The van der Waals surface area contributed by atoms with Crippen LogP contribution in [0.3, 0.4) is 0 Å². The summed E-state index contributed by atoms with van der Waals surface area (Å²) >= 11 is 0. The number of hydrogen-bond acceptors (Lipinski definition) is 3. The lowest BCUT2D eigenvalue weighted by atomic mass is 9.33. The van der Waals surface area contributed by atoms with Crippen LogP contribution in [0.1, 0.15) is 158 Å². The zero-order valence-corrected chi connectivity index (χ0v) is 50.0. The summed E-state index contributed by atoms with van der Waals surface area (Å²) in [6, 6.07) is 63.4. The number of anilines is 6. The summed E-state index contributed by atoms with van der Waals surface area (Å²) in [4.78, 5) is 11.0. The van der Waals surface area contributed by atoms with Crippen molar-refractivity contribution in [3.8, 4) is 28.2 Å². The standard InChI is InChI=1S/C73H81BN4/c1-68(2,3)48-28-24-46(25-29-48)56-40-51(71(10,11)12)34-38-60(56)78-62-45-59-63(77(54-22-20-19-21-23-54)67(75-59)47-26-30-49(31-27-47)69(4,5)6)44-58(62)74-57-41-52(72(13,14)15)35-39-61(57)76(55-36-32-50(33-37-55)70(7,8)9)64-42-53(73(16,17)18)43-65(78)66(64)74/h19-45H,1-18H3. The van der Waals surface area contributed by atoms with Gasteiger partial charge in [0.2, 0.25) is 0 Å². The average Bonchev–Trinajstić information content (AvgIpc) is 3.92. The predicted molar refractivity (Wildman–Crippen MR) is 338 cm³/mol. The third-order valence-electron chi connectivity index (χ3n) is 16.8. The lowest BCUT2D eigenvalue weighted by Crippen LogP contribution is -2.61. The molecule has 0 spiro atoms. The van der Waals surface area contributed by atoms with Crippen LogP contribution in [0.4, 0.5) is 34.1 Å². The lowest BCUT2D eigenvalue weighted by Gasteiger charge is -2.46. The van der Waals surface area contributed by atoms with Gasteiger partial charge in [-0.2, -0.15) is 0 Å². The minimum atomic E-state index is -0.178. The van der Waals surface area contributed by atoms with Gasteiger partial charge in [0.25, 0.3) is 6.71 Å². The smallest absolute Gasteiger partial charge is 0.252 e. The molecule has 5 heteroatoms. The van der Waals surface area contributed by atoms with E-state index in [4.69, 9.17) is 4.98 Å². The van der Waals surface area contributed by atoms with Gasteiger partial charge in [-0.1, -0.05) is 222 Å². The number of rotatable bonds is 5. The van der Waals surface area contributed by atoms with Crippen LogP contribution in [-0.2, 0) is 32.5 Å². The maximum atomic E-state index is 5.74.